The topological polar surface area (TPSA) is 80.0 Å². The summed E-state index contributed by atoms with van der Waals surface area (Å²) < 4.78 is 1.71. The van der Waals surface area contributed by atoms with E-state index in [1.807, 2.05) is 30.3 Å². The molecule has 1 amide bonds. The summed E-state index contributed by atoms with van der Waals surface area (Å²) in [5, 5.41) is 21.0. The SMILES string of the molecule is O=C(CC1(O)CCCCC1)Nc1nncn1-c1ccccc1. The molecule has 116 valence electrons. The van der Waals surface area contributed by atoms with E-state index in [-0.39, 0.29) is 12.3 Å². The van der Waals surface area contributed by atoms with Gasteiger partial charge in [0.1, 0.15) is 6.33 Å². The molecule has 1 saturated carbocycles. The van der Waals surface area contributed by atoms with Crippen LogP contribution in [0.2, 0.25) is 0 Å². The maximum atomic E-state index is 12.2. The smallest absolute Gasteiger partial charge is 0.235 e. The molecule has 1 aliphatic carbocycles. The van der Waals surface area contributed by atoms with E-state index in [1.165, 1.54) is 0 Å². The van der Waals surface area contributed by atoms with Crippen molar-refractivity contribution >= 4 is 11.9 Å². The lowest BCUT2D eigenvalue weighted by molar-refractivity contribution is -0.122. The largest absolute Gasteiger partial charge is 0.389 e. The fourth-order valence-corrected chi connectivity index (χ4v) is 2.95. The molecule has 22 heavy (non-hydrogen) atoms. The van der Waals surface area contributed by atoms with Crippen LogP contribution in [-0.2, 0) is 4.79 Å². The van der Waals surface area contributed by atoms with Crippen LogP contribution in [0, 0.1) is 0 Å². The highest BCUT2D eigenvalue weighted by molar-refractivity contribution is 5.90. The van der Waals surface area contributed by atoms with Crippen molar-refractivity contribution in [2.45, 2.75) is 44.1 Å². The Morgan fingerprint density at radius 3 is 2.68 bits per heavy atom. The Hall–Kier alpha value is -2.21. The molecule has 0 radical (unpaired) electrons. The van der Waals surface area contributed by atoms with Crippen LogP contribution < -0.4 is 5.32 Å². The van der Waals surface area contributed by atoms with Gasteiger partial charge in [-0.1, -0.05) is 37.5 Å². The monoisotopic (exact) mass is 300 g/mol. The number of rotatable bonds is 4. The normalized spacial score (nSPS) is 17.1. The third-order valence-electron chi connectivity index (χ3n) is 4.11. The summed E-state index contributed by atoms with van der Waals surface area (Å²) >= 11 is 0. The van der Waals surface area contributed by atoms with E-state index < -0.39 is 5.60 Å². The lowest BCUT2D eigenvalue weighted by Crippen LogP contribution is -2.36. The lowest BCUT2D eigenvalue weighted by atomic mass is 9.82. The summed E-state index contributed by atoms with van der Waals surface area (Å²) in [6, 6.07) is 9.56. The second-order valence-electron chi connectivity index (χ2n) is 5.87. The number of hydrogen-bond donors (Lipinski definition) is 2. The Balaban J connectivity index is 1.69. The van der Waals surface area contributed by atoms with Gasteiger partial charge >= 0.3 is 0 Å². The van der Waals surface area contributed by atoms with Crippen LogP contribution in [0.5, 0.6) is 0 Å². The first-order valence-corrected chi connectivity index (χ1v) is 7.64. The molecule has 1 aliphatic rings. The molecule has 3 rings (SSSR count). The number of benzene rings is 1. The highest BCUT2D eigenvalue weighted by atomic mass is 16.3. The molecule has 1 aromatic heterocycles. The van der Waals surface area contributed by atoms with Crippen LogP contribution in [0.15, 0.2) is 36.7 Å². The number of carbonyl (C=O) groups excluding carboxylic acids is 1. The van der Waals surface area contributed by atoms with E-state index in [9.17, 15) is 9.90 Å². The van der Waals surface area contributed by atoms with Crippen molar-refractivity contribution in [3.8, 4) is 5.69 Å². The van der Waals surface area contributed by atoms with E-state index in [4.69, 9.17) is 0 Å². The van der Waals surface area contributed by atoms with Crippen LogP contribution in [0.1, 0.15) is 38.5 Å². The average molecular weight is 300 g/mol. The van der Waals surface area contributed by atoms with Crippen molar-refractivity contribution in [2.75, 3.05) is 5.32 Å². The molecule has 2 aromatic rings. The van der Waals surface area contributed by atoms with Crippen molar-refractivity contribution in [3.05, 3.63) is 36.7 Å². The molecule has 6 nitrogen and oxygen atoms in total. The number of para-hydroxylation sites is 1. The van der Waals surface area contributed by atoms with Gasteiger partial charge in [-0.2, -0.15) is 0 Å². The van der Waals surface area contributed by atoms with Gasteiger partial charge in [-0.3, -0.25) is 14.7 Å². The van der Waals surface area contributed by atoms with Gasteiger partial charge in [-0.05, 0) is 25.0 Å². The molecule has 0 spiro atoms. The first-order chi connectivity index (χ1) is 10.7. The maximum Gasteiger partial charge on any atom is 0.235 e. The molecule has 0 saturated heterocycles. The van der Waals surface area contributed by atoms with E-state index in [0.717, 1.165) is 24.9 Å². The Morgan fingerprint density at radius 1 is 1.23 bits per heavy atom. The number of aromatic nitrogens is 3. The van der Waals surface area contributed by atoms with Crippen LogP contribution in [0.4, 0.5) is 5.95 Å². The zero-order valence-electron chi connectivity index (χ0n) is 12.4. The molecule has 1 aromatic carbocycles. The van der Waals surface area contributed by atoms with Crippen molar-refractivity contribution in [1.29, 1.82) is 0 Å². The van der Waals surface area contributed by atoms with Gasteiger partial charge in [0.05, 0.1) is 17.7 Å². The summed E-state index contributed by atoms with van der Waals surface area (Å²) in [5.74, 6) is 0.144. The first-order valence-electron chi connectivity index (χ1n) is 7.64. The third kappa shape index (κ3) is 3.33. The quantitative estimate of drug-likeness (QED) is 0.908. The minimum absolute atomic E-state index is 0.106. The zero-order valence-corrected chi connectivity index (χ0v) is 12.4. The van der Waals surface area contributed by atoms with Gasteiger partial charge in [-0.15, -0.1) is 10.2 Å². The van der Waals surface area contributed by atoms with Gasteiger partial charge in [0, 0.05) is 0 Å². The van der Waals surface area contributed by atoms with Crippen molar-refractivity contribution in [1.82, 2.24) is 14.8 Å². The predicted molar refractivity (Wildman–Crippen MR) is 82.6 cm³/mol. The fraction of sp³-hybridized carbons (Fsp3) is 0.438. The Labute approximate surface area is 129 Å². The third-order valence-corrected chi connectivity index (χ3v) is 4.11. The molecule has 0 bridgehead atoms. The minimum atomic E-state index is -0.875. The van der Waals surface area contributed by atoms with Crippen molar-refractivity contribution in [3.63, 3.8) is 0 Å². The molecule has 0 atom stereocenters. The molecule has 1 heterocycles. The Morgan fingerprint density at radius 2 is 1.95 bits per heavy atom. The minimum Gasteiger partial charge on any atom is -0.389 e. The Kier molecular flexibility index (Phi) is 4.20. The highest BCUT2D eigenvalue weighted by Gasteiger charge is 2.32. The van der Waals surface area contributed by atoms with Crippen LogP contribution in [0.25, 0.3) is 5.69 Å². The van der Waals surface area contributed by atoms with Gasteiger partial charge in [0.15, 0.2) is 0 Å². The molecule has 2 N–H and O–H groups in total. The van der Waals surface area contributed by atoms with E-state index in [2.05, 4.69) is 15.5 Å². The summed E-state index contributed by atoms with van der Waals surface area (Å²) in [6.07, 6.45) is 6.12. The van der Waals surface area contributed by atoms with Crippen LogP contribution >= 0.6 is 0 Å². The van der Waals surface area contributed by atoms with Gasteiger partial charge in [0.25, 0.3) is 0 Å². The van der Waals surface area contributed by atoms with Crippen LogP contribution in [-0.4, -0.2) is 31.4 Å². The highest BCUT2D eigenvalue weighted by Crippen LogP contribution is 2.31. The van der Waals surface area contributed by atoms with Crippen LogP contribution in [0.3, 0.4) is 0 Å². The summed E-state index contributed by atoms with van der Waals surface area (Å²) in [4.78, 5) is 12.2. The van der Waals surface area contributed by atoms with Gasteiger partial charge in [0.2, 0.25) is 11.9 Å². The first kappa shape index (κ1) is 14.7. The van der Waals surface area contributed by atoms with Crippen molar-refractivity contribution in [2.24, 2.45) is 0 Å². The molecule has 1 fully saturated rings. The number of aliphatic hydroxyl groups is 1. The molecule has 0 unspecified atom stereocenters. The average Bonchev–Trinajstić information content (AvgIpc) is 2.96. The maximum absolute atomic E-state index is 12.2. The van der Waals surface area contributed by atoms with E-state index in [0.29, 0.717) is 18.8 Å². The van der Waals surface area contributed by atoms with E-state index in [1.54, 1.807) is 10.9 Å². The second-order valence-corrected chi connectivity index (χ2v) is 5.87. The molecule has 0 aliphatic heterocycles. The molecule has 6 heteroatoms. The lowest BCUT2D eigenvalue weighted by Gasteiger charge is -2.31. The number of hydrogen-bond acceptors (Lipinski definition) is 4. The predicted octanol–water partition coefficient (Wildman–Crippen LogP) is 2.29. The van der Waals surface area contributed by atoms with E-state index >= 15 is 0 Å². The second kappa shape index (κ2) is 6.27. The molecular weight excluding hydrogens is 280 g/mol. The number of nitrogens with one attached hydrogen (secondary N) is 1. The summed E-state index contributed by atoms with van der Waals surface area (Å²) in [6.45, 7) is 0. The zero-order chi connectivity index (χ0) is 15.4. The van der Waals surface area contributed by atoms with Gasteiger partial charge in [-0.25, -0.2) is 0 Å². The number of carbonyl (C=O) groups is 1. The molecular formula is C16H20N4O2. The summed E-state index contributed by atoms with van der Waals surface area (Å²) in [7, 11) is 0. The number of anilines is 1. The Bertz CT molecular complexity index is 633. The van der Waals surface area contributed by atoms with Gasteiger partial charge < -0.3 is 5.11 Å². The fourth-order valence-electron chi connectivity index (χ4n) is 2.95. The van der Waals surface area contributed by atoms with Crippen molar-refractivity contribution < 1.29 is 9.90 Å². The standard InChI is InChI=1S/C16H20N4O2/c21-14(11-16(22)9-5-2-6-10-16)18-15-19-17-12-20(15)13-7-3-1-4-8-13/h1,3-4,7-8,12,22H,2,5-6,9-11H2,(H,18,19,21). The number of nitrogens with zero attached hydrogens (tertiary/aromatic N) is 3. The summed E-state index contributed by atoms with van der Waals surface area (Å²) in [5.41, 5.74) is -0.000829. The number of amides is 1.